The molecule has 0 aromatic heterocycles. The van der Waals surface area contributed by atoms with Gasteiger partial charge >= 0.3 is 0 Å². The number of nitrogens with one attached hydrogen (secondary N) is 1. The van der Waals surface area contributed by atoms with Crippen molar-refractivity contribution in [1.82, 2.24) is 5.32 Å². The van der Waals surface area contributed by atoms with E-state index in [4.69, 9.17) is 0 Å². The predicted octanol–water partition coefficient (Wildman–Crippen LogP) is 2.16. The van der Waals surface area contributed by atoms with Gasteiger partial charge in [0.15, 0.2) is 0 Å². The van der Waals surface area contributed by atoms with E-state index in [-0.39, 0.29) is 11.9 Å². The van der Waals surface area contributed by atoms with Gasteiger partial charge in [-0.1, -0.05) is 12.1 Å². The van der Waals surface area contributed by atoms with E-state index >= 15 is 0 Å². The van der Waals surface area contributed by atoms with Crippen LogP contribution in [0, 0.1) is 12.7 Å². The van der Waals surface area contributed by atoms with Crippen molar-refractivity contribution in [3.8, 4) is 0 Å². The van der Waals surface area contributed by atoms with Crippen LogP contribution in [0.15, 0.2) is 18.2 Å². The Kier molecular flexibility index (Phi) is 5.09. The van der Waals surface area contributed by atoms with Gasteiger partial charge in [-0.05, 0) is 31.0 Å². The summed E-state index contributed by atoms with van der Waals surface area (Å²) in [5.41, 5.74) is 1.58. The molecule has 1 aromatic carbocycles. The molecule has 2 unspecified atom stereocenters. The third-order valence-electron chi connectivity index (χ3n) is 2.54. The lowest BCUT2D eigenvalue weighted by Gasteiger charge is -2.14. The Labute approximate surface area is 98.7 Å². The molecular formula is C12H18FNOS. The molecule has 2 atom stereocenters. The van der Waals surface area contributed by atoms with Crippen molar-refractivity contribution in [2.45, 2.75) is 19.9 Å². The van der Waals surface area contributed by atoms with Crippen LogP contribution in [0.5, 0.6) is 0 Å². The zero-order valence-corrected chi connectivity index (χ0v) is 10.7. The third kappa shape index (κ3) is 4.02. The van der Waals surface area contributed by atoms with E-state index in [1.165, 1.54) is 0 Å². The van der Waals surface area contributed by atoms with Crippen molar-refractivity contribution < 1.29 is 8.60 Å². The summed E-state index contributed by atoms with van der Waals surface area (Å²) >= 11 is 0. The van der Waals surface area contributed by atoms with E-state index < -0.39 is 10.8 Å². The molecule has 0 radical (unpaired) electrons. The van der Waals surface area contributed by atoms with Crippen LogP contribution in [0.2, 0.25) is 0 Å². The van der Waals surface area contributed by atoms with E-state index in [0.29, 0.717) is 17.9 Å². The summed E-state index contributed by atoms with van der Waals surface area (Å²) in [6.07, 6.45) is 1.68. The maximum absolute atomic E-state index is 13.3. The highest BCUT2D eigenvalue weighted by molar-refractivity contribution is 7.84. The molecule has 2 nitrogen and oxygen atoms in total. The van der Waals surface area contributed by atoms with Crippen molar-refractivity contribution in [2.24, 2.45) is 0 Å². The first kappa shape index (κ1) is 13.3. The van der Waals surface area contributed by atoms with E-state index in [2.05, 4.69) is 5.32 Å². The molecule has 0 saturated carbocycles. The topological polar surface area (TPSA) is 29.1 Å². The van der Waals surface area contributed by atoms with Crippen molar-refractivity contribution in [2.75, 3.05) is 18.6 Å². The second-order valence-electron chi connectivity index (χ2n) is 3.96. The fourth-order valence-electron chi connectivity index (χ4n) is 1.42. The standard InChI is InChI=1S/C12H18FNOS/c1-9-4-5-11(8-12(9)13)10(2)14-6-7-16(3)15/h4-5,8,10,14H,6-7H2,1-3H3. The van der Waals surface area contributed by atoms with E-state index in [9.17, 15) is 8.60 Å². The average molecular weight is 243 g/mol. The van der Waals surface area contributed by atoms with E-state index in [1.54, 1.807) is 25.3 Å². The number of benzene rings is 1. The molecule has 0 spiro atoms. The van der Waals surface area contributed by atoms with Gasteiger partial charge in [0.25, 0.3) is 0 Å². The largest absolute Gasteiger partial charge is 0.309 e. The normalized spacial score (nSPS) is 14.8. The van der Waals surface area contributed by atoms with Crippen molar-refractivity contribution >= 4 is 10.8 Å². The first-order valence-corrected chi connectivity index (χ1v) is 7.03. The number of hydrogen-bond donors (Lipinski definition) is 1. The monoisotopic (exact) mass is 243 g/mol. The Bertz CT molecular complexity index is 381. The van der Waals surface area contributed by atoms with Gasteiger partial charge in [-0.15, -0.1) is 0 Å². The van der Waals surface area contributed by atoms with Crippen LogP contribution in [-0.4, -0.2) is 22.8 Å². The minimum Gasteiger partial charge on any atom is -0.309 e. The number of halogens is 1. The quantitative estimate of drug-likeness (QED) is 0.858. The van der Waals surface area contributed by atoms with Crippen molar-refractivity contribution in [3.63, 3.8) is 0 Å². The molecule has 0 heterocycles. The van der Waals surface area contributed by atoms with E-state index in [1.807, 2.05) is 13.0 Å². The van der Waals surface area contributed by atoms with Crippen LogP contribution in [0.25, 0.3) is 0 Å². The van der Waals surface area contributed by atoms with Crippen molar-refractivity contribution in [3.05, 3.63) is 35.1 Å². The summed E-state index contributed by atoms with van der Waals surface area (Å²) < 4.78 is 24.2. The fourth-order valence-corrected chi connectivity index (χ4v) is 1.82. The molecule has 0 aliphatic rings. The molecule has 1 aromatic rings. The summed E-state index contributed by atoms with van der Waals surface area (Å²) in [7, 11) is -0.783. The maximum atomic E-state index is 13.3. The second kappa shape index (κ2) is 6.11. The smallest absolute Gasteiger partial charge is 0.126 e. The Balaban J connectivity index is 2.55. The molecule has 0 bridgehead atoms. The minimum absolute atomic E-state index is 0.0821. The highest BCUT2D eigenvalue weighted by Crippen LogP contribution is 2.15. The molecule has 16 heavy (non-hydrogen) atoms. The zero-order valence-electron chi connectivity index (χ0n) is 9.92. The van der Waals surface area contributed by atoms with Crippen LogP contribution in [0.1, 0.15) is 24.1 Å². The Morgan fingerprint density at radius 1 is 1.50 bits per heavy atom. The van der Waals surface area contributed by atoms with Gasteiger partial charge in [-0.2, -0.15) is 0 Å². The van der Waals surface area contributed by atoms with Crippen LogP contribution in [0.3, 0.4) is 0 Å². The van der Waals surface area contributed by atoms with Gasteiger partial charge < -0.3 is 5.32 Å². The molecule has 1 rings (SSSR count). The lowest BCUT2D eigenvalue weighted by molar-refractivity contribution is 0.579. The lowest BCUT2D eigenvalue weighted by atomic mass is 10.1. The van der Waals surface area contributed by atoms with Gasteiger partial charge in [0.05, 0.1) is 0 Å². The van der Waals surface area contributed by atoms with Crippen LogP contribution >= 0.6 is 0 Å². The van der Waals surface area contributed by atoms with Crippen molar-refractivity contribution in [1.29, 1.82) is 0 Å². The van der Waals surface area contributed by atoms with Crippen LogP contribution in [-0.2, 0) is 10.8 Å². The molecule has 0 aliphatic carbocycles. The average Bonchev–Trinajstić information content (AvgIpc) is 2.21. The van der Waals surface area contributed by atoms with Crippen LogP contribution in [0.4, 0.5) is 4.39 Å². The zero-order chi connectivity index (χ0) is 12.1. The van der Waals surface area contributed by atoms with E-state index in [0.717, 1.165) is 5.56 Å². The summed E-state index contributed by atoms with van der Waals surface area (Å²) in [6.45, 7) is 4.40. The molecular weight excluding hydrogens is 225 g/mol. The molecule has 0 saturated heterocycles. The van der Waals surface area contributed by atoms with Gasteiger partial charge in [0.2, 0.25) is 0 Å². The van der Waals surface area contributed by atoms with Crippen LogP contribution < -0.4 is 5.32 Å². The fraction of sp³-hybridized carbons (Fsp3) is 0.500. The second-order valence-corrected chi connectivity index (χ2v) is 5.52. The molecule has 1 N–H and O–H groups in total. The molecule has 0 fully saturated rings. The maximum Gasteiger partial charge on any atom is 0.126 e. The highest BCUT2D eigenvalue weighted by Gasteiger charge is 2.06. The minimum atomic E-state index is -0.783. The SMILES string of the molecule is Cc1ccc(C(C)NCCS(C)=O)cc1F. The Hall–Kier alpha value is -0.740. The first-order chi connectivity index (χ1) is 7.50. The Morgan fingerprint density at radius 2 is 2.19 bits per heavy atom. The molecule has 0 amide bonds. The summed E-state index contributed by atoms with van der Waals surface area (Å²) in [5.74, 6) is 0.448. The Morgan fingerprint density at radius 3 is 2.75 bits per heavy atom. The number of aryl methyl sites for hydroxylation is 1. The summed E-state index contributed by atoms with van der Waals surface area (Å²) in [5, 5.41) is 3.22. The van der Waals surface area contributed by atoms with Gasteiger partial charge in [-0.25, -0.2) is 4.39 Å². The number of rotatable bonds is 5. The molecule has 90 valence electrons. The molecule has 4 heteroatoms. The predicted molar refractivity (Wildman–Crippen MR) is 66.5 cm³/mol. The third-order valence-corrected chi connectivity index (χ3v) is 3.31. The molecule has 0 aliphatic heterocycles. The lowest BCUT2D eigenvalue weighted by Crippen LogP contribution is -2.23. The van der Waals surface area contributed by atoms with Gasteiger partial charge in [0, 0.05) is 35.4 Å². The summed E-state index contributed by atoms with van der Waals surface area (Å²) in [4.78, 5) is 0. The summed E-state index contributed by atoms with van der Waals surface area (Å²) in [6, 6.07) is 5.33. The first-order valence-electron chi connectivity index (χ1n) is 5.30. The van der Waals surface area contributed by atoms with Gasteiger partial charge in [-0.3, -0.25) is 4.21 Å². The van der Waals surface area contributed by atoms with Gasteiger partial charge in [0.1, 0.15) is 5.82 Å². The number of hydrogen-bond acceptors (Lipinski definition) is 2. The highest BCUT2D eigenvalue weighted by atomic mass is 32.2.